The third-order valence-electron chi connectivity index (χ3n) is 5.37. The van der Waals surface area contributed by atoms with Crippen molar-refractivity contribution in [1.29, 1.82) is 0 Å². The summed E-state index contributed by atoms with van der Waals surface area (Å²) < 4.78 is 6.59. The smallest absolute Gasteiger partial charge is 0.239 e. The van der Waals surface area contributed by atoms with Gasteiger partial charge in [0.2, 0.25) is 5.91 Å². The summed E-state index contributed by atoms with van der Waals surface area (Å²) in [5.74, 6) is 0.505. The number of rotatable bonds is 7. The number of ether oxygens (including phenoxy) is 1. The molecule has 1 fully saturated rings. The van der Waals surface area contributed by atoms with Gasteiger partial charge in [-0.25, -0.2) is 4.98 Å². The van der Waals surface area contributed by atoms with E-state index < -0.39 is 0 Å². The molecule has 7 heteroatoms. The van der Waals surface area contributed by atoms with Crippen LogP contribution in [0.15, 0.2) is 47.4 Å². The van der Waals surface area contributed by atoms with Crippen molar-refractivity contribution in [1.82, 2.24) is 9.88 Å². The maximum Gasteiger partial charge on any atom is 0.239 e. The Morgan fingerprint density at radius 1 is 1.17 bits per heavy atom. The average Bonchev–Trinajstić information content (AvgIpc) is 3.16. The minimum absolute atomic E-state index is 0.101. The number of morpholine rings is 1. The minimum Gasteiger partial charge on any atom is -0.379 e. The number of benzene rings is 2. The number of thiazole rings is 1. The summed E-state index contributed by atoms with van der Waals surface area (Å²) in [7, 11) is 0. The van der Waals surface area contributed by atoms with E-state index in [-0.39, 0.29) is 5.91 Å². The summed E-state index contributed by atoms with van der Waals surface area (Å²) in [5.41, 5.74) is 3.45. The fourth-order valence-corrected chi connectivity index (χ4v) is 5.30. The Morgan fingerprint density at radius 2 is 1.90 bits per heavy atom. The van der Waals surface area contributed by atoms with Crippen molar-refractivity contribution in [3.8, 4) is 0 Å². The maximum atomic E-state index is 13.2. The first-order chi connectivity index (χ1) is 14.6. The van der Waals surface area contributed by atoms with Crippen molar-refractivity contribution in [3.05, 3.63) is 53.6 Å². The Hall–Kier alpha value is -1.93. The van der Waals surface area contributed by atoms with Crippen LogP contribution in [0.3, 0.4) is 0 Å². The van der Waals surface area contributed by atoms with Crippen molar-refractivity contribution in [2.45, 2.75) is 18.7 Å². The lowest BCUT2D eigenvalue weighted by Gasteiger charge is -2.29. The number of fused-ring (bicyclic) bond motifs is 1. The van der Waals surface area contributed by atoms with Gasteiger partial charge in [-0.05, 0) is 49.2 Å². The number of anilines is 1. The van der Waals surface area contributed by atoms with E-state index in [1.807, 2.05) is 35.2 Å². The molecule has 5 nitrogen and oxygen atoms in total. The Labute approximate surface area is 186 Å². The summed E-state index contributed by atoms with van der Waals surface area (Å²) in [4.78, 5) is 23.4. The van der Waals surface area contributed by atoms with Crippen LogP contribution in [0.1, 0.15) is 11.1 Å². The normalized spacial score (nSPS) is 14.9. The van der Waals surface area contributed by atoms with Gasteiger partial charge in [-0.1, -0.05) is 29.5 Å². The van der Waals surface area contributed by atoms with Gasteiger partial charge in [0, 0.05) is 31.1 Å². The molecule has 1 aromatic heterocycles. The van der Waals surface area contributed by atoms with E-state index in [0.717, 1.165) is 53.1 Å². The molecule has 3 aromatic rings. The number of carbonyl (C=O) groups excluding carboxylic acids is 1. The monoisotopic (exact) mass is 441 g/mol. The number of amides is 1. The molecule has 0 bridgehead atoms. The molecule has 1 saturated heterocycles. The molecule has 0 saturated carbocycles. The molecular weight excluding hydrogens is 414 g/mol. The van der Waals surface area contributed by atoms with E-state index in [9.17, 15) is 4.79 Å². The van der Waals surface area contributed by atoms with Gasteiger partial charge < -0.3 is 4.74 Å². The van der Waals surface area contributed by atoms with Crippen LogP contribution in [0.5, 0.6) is 0 Å². The molecule has 1 aliphatic rings. The third kappa shape index (κ3) is 5.21. The molecule has 0 aliphatic carbocycles. The van der Waals surface area contributed by atoms with E-state index in [1.165, 1.54) is 11.1 Å². The first-order valence-electron chi connectivity index (χ1n) is 10.3. The second-order valence-corrected chi connectivity index (χ2v) is 9.56. The molecule has 0 unspecified atom stereocenters. The molecule has 1 aliphatic heterocycles. The lowest BCUT2D eigenvalue weighted by atomic mass is 10.1. The first-order valence-corrected chi connectivity index (χ1v) is 12.1. The highest BCUT2D eigenvalue weighted by Gasteiger charge is 2.22. The number of carbonyl (C=O) groups is 1. The Kier molecular flexibility index (Phi) is 7.04. The van der Waals surface area contributed by atoms with Crippen LogP contribution in [0, 0.1) is 13.8 Å². The zero-order chi connectivity index (χ0) is 20.9. The number of aromatic nitrogens is 1. The van der Waals surface area contributed by atoms with Gasteiger partial charge in [-0.3, -0.25) is 14.6 Å². The van der Waals surface area contributed by atoms with Crippen LogP contribution in [0.2, 0.25) is 0 Å². The number of nitrogens with zero attached hydrogens (tertiary/aromatic N) is 3. The number of hydrogen-bond donors (Lipinski definition) is 0. The molecule has 30 heavy (non-hydrogen) atoms. The molecular formula is C23H27N3O2S2. The highest BCUT2D eigenvalue weighted by molar-refractivity contribution is 8.00. The third-order valence-corrected chi connectivity index (χ3v) is 7.41. The molecule has 0 N–H and O–H groups in total. The van der Waals surface area contributed by atoms with Crippen molar-refractivity contribution in [2.24, 2.45) is 0 Å². The number of thioether (sulfide) groups is 1. The SMILES string of the molecule is Cc1cc2nc(N(CCN3CCOCC3)C(=O)CSc3ccccc3)sc2cc1C. The largest absolute Gasteiger partial charge is 0.379 e. The van der Waals surface area contributed by atoms with Gasteiger partial charge >= 0.3 is 0 Å². The Bertz CT molecular complexity index is 961. The fraction of sp³-hybridized carbons (Fsp3) is 0.391. The molecule has 158 valence electrons. The predicted octanol–water partition coefficient (Wildman–Crippen LogP) is 4.37. The topological polar surface area (TPSA) is 45.7 Å². The van der Waals surface area contributed by atoms with Crippen LogP contribution >= 0.6 is 23.1 Å². The van der Waals surface area contributed by atoms with Crippen molar-refractivity contribution >= 4 is 44.4 Å². The lowest BCUT2D eigenvalue weighted by molar-refractivity contribution is -0.116. The molecule has 2 aromatic carbocycles. The molecule has 0 radical (unpaired) electrons. The quantitative estimate of drug-likeness (QED) is 0.510. The van der Waals surface area contributed by atoms with Crippen LogP contribution in [0.25, 0.3) is 10.2 Å². The summed E-state index contributed by atoms with van der Waals surface area (Å²) in [6.45, 7) is 9.05. The van der Waals surface area contributed by atoms with E-state index >= 15 is 0 Å². The lowest BCUT2D eigenvalue weighted by Crippen LogP contribution is -2.43. The minimum atomic E-state index is 0.101. The van der Waals surface area contributed by atoms with Gasteiger partial charge in [-0.15, -0.1) is 11.8 Å². The second-order valence-electron chi connectivity index (χ2n) is 7.50. The van der Waals surface area contributed by atoms with E-state index in [0.29, 0.717) is 12.3 Å². The Balaban J connectivity index is 1.53. The summed E-state index contributed by atoms with van der Waals surface area (Å²) >= 11 is 3.18. The van der Waals surface area contributed by atoms with Gasteiger partial charge in [-0.2, -0.15) is 0 Å². The Morgan fingerprint density at radius 3 is 2.67 bits per heavy atom. The summed E-state index contributed by atoms with van der Waals surface area (Å²) in [5, 5.41) is 0.793. The van der Waals surface area contributed by atoms with Gasteiger partial charge in [0.15, 0.2) is 5.13 Å². The molecule has 4 rings (SSSR count). The number of aryl methyl sites for hydroxylation is 2. The highest BCUT2D eigenvalue weighted by atomic mass is 32.2. The van der Waals surface area contributed by atoms with Gasteiger partial charge in [0.1, 0.15) is 0 Å². The van der Waals surface area contributed by atoms with Crippen molar-refractivity contribution in [2.75, 3.05) is 50.0 Å². The van der Waals surface area contributed by atoms with E-state index in [2.05, 4.69) is 30.9 Å². The van der Waals surface area contributed by atoms with Crippen LogP contribution in [-0.2, 0) is 9.53 Å². The van der Waals surface area contributed by atoms with E-state index in [4.69, 9.17) is 9.72 Å². The summed E-state index contributed by atoms with van der Waals surface area (Å²) in [6, 6.07) is 14.4. The predicted molar refractivity (Wildman–Crippen MR) is 126 cm³/mol. The van der Waals surface area contributed by atoms with E-state index in [1.54, 1.807) is 23.1 Å². The zero-order valence-electron chi connectivity index (χ0n) is 17.5. The highest BCUT2D eigenvalue weighted by Crippen LogP contribution is 2.31. The van der Waals surface area contributed by atoms with Crippen molar-refractivity contribution in [3.63, 3.8) is 0 Å². The fourth-order valence-electron chi connectivity index (χ4n) is 3.42. The molecule has 0 atom stereocenters. The van der Waals surface area contributed by atoms with Crippen LogP contribution in [-0.4, -0.2) is 60.9 Å². The van der Waals surface area contributed by atoms with Crippen LogP contribution < -0.4 is 4.90 Å². The summed E-state index contributed by atoms with van der Waals surface area (Å²) in [6.07, 6.45) is 0. The first kappa shape index (κ1) is 21.3. The zero-order valence-corrected chi connectivity index (χ0v) is 19.1. The molecule has 1 amide bonds. The second kappa shape index (κ2) is 9.92. The number of hydrogen-bond acceptors (Lipinski definition) is 6. The van der Waals surface area contributed by atoms with Crippen LogP contribution in [0.4, 0.5) is 5.13 Å². The van der Waals surface area contributed by atoms with Crippen molar-refractivity contribution < 1.29 is 9.53 Å². The molecule has 0 spiro atoms. The average molecular weight is 442 g/mol. The van der Waals surface area contributed by atoms with Gasteiger partial charge in [0.25, 0.3) is 0 Å². The van der Waals surface area contributed by atoms with Gasteiger partial charge in [0.05, 0.1) is 29.2 Å². The molecule has 2 heterocycles. The maximum absolute atomic E-state index is 13.2. The standard InChI is InChI=1S/C23H27N3O2S2/c1-17-14-20-21(15-18(17)2)30-23(24-20)26(9-8-25-10-12-28-13-11-25)22(27)16-29-19-6-4-3-5-7-19/h3-7,14-15H,8-13,16H2,1-2H3.